The fourth-order valence-corrected chi connectivity index (χ4v) is 1.88. The van der Waals surface area contributed by atoms with Crippen LogP contribution in [0.2, 0.25) is 0 Å². The van der Waals surface area contributed by atoms with Crippen molar-refractivity contribution >= 4 is 17.6 Å². The van der Waals surface area contributed by atoms with E-state index in [1.165, 1.54) is 0 Å². The molecule has 0 aliphatic heterocycles. The summed E-state index contributed by atoms with van der Waals surface area (Å²) in [5, 5.41) is 14.7. The Morgan fingerprint density at radius 2 is 1.90 bits per heavy atom. The van der Waals surface area contributed by atoms with Gasteiger partial charge in [0.05, 0.1) is 6.42 Å². The van der Waals surface area contributed by atoms with Crippen LogP contribution in [0.25, 0.3) is 0 Å². The smallest absolute Gasteiger partial charge is 0.303 e. The van der Waals surface area contributed by atoms with Crippen molar-refractivity contribution in [1.29, 1.82) is 0 Å². The Bertz CT molecular complexity index is 443. The summed E-state index contributed by atoms with van der Waals surface area (Å²) < 4.78 is 0. The minimum Gasteiger partial charge on any atom is -0.481 e. The van der Waals surface area contributed by atoms with Crippen molar-refractivity contribution in [1.82, 2.24) is 5.32 Å². The van der Waals surface area contributed by atoms with Gasteiger partial charge in [-0.05, 0) is 30.2 Å². The molecular weight excluding hydrogens is 256 g/mol. The van der Waals surface area contributed by atoms with Gasteiger partial charge in [-0.3, -0.25) is 9.59 Å². The average Bonchev–Trinajstić information content (AvgIpc) is 2.39. The predicted octanol–water partition coefficient (Wildman–Crippen LogP) is 2.20. The number of nitrogens with one attached hydrogen (secondary N) is 2. The first-order valence-corrected chi connectivity index (χ1v) is 6.85. The molecular formula is C15H22N2O3. The number of carbonyl (C=O) groups excluding carboxylic acids is 1. The summed E-state index contributed by atoms with van der Waals surface area (Å²) in [7, 11) is 0. The van der Waals surface area contributed by atoms with Crippen LogP contribution in [0, 0.1) is 0 Å². The van der Waals surface area contributed by atoms with E-state index in [9.17, 15) is 9.59 Å². The lowest BCUT2D eigenvalue weighted by atomic mass is 9.98. The summed E-state index contributed by atoms with van der Waals surface area (Å²) in [6.45, 7) is 5.38. The van der Waals surface area contributed by atoms with Crippen LogP contribution in [0.5, 0.6) is 0 Å². The van der Waals surface area contributed by atoms with Crippen molar-refractivity contribution < 1.29 is 14.7 Å². The third kappa shape index (κ3) is 5.84. The molecule has 1 unspecified atom stereocenters. The van der Waals surface area contributed by atoms with Gasteiger partial charge in [0.2, 0.25) is 5.91 Å². The van der Waals surface area contributed by atoms with Crippen LogP contribution in [-0.4, -0.2) is 30.1 Å². The molecule has 0 radical (unpaired) electrons. The van der Waals surface area contributed by atoms with Gasteiger partial charge in [-0.1, -0.05) is 26.0 Å². The van der Waals surface area contributed by atoms with E-state index in [2.05, 4.69) is 10.6 Å². The summed E-state index contributed by atoms with van der Waals surface area (Å²) in [6.07, 6.45) is 0.541. The molecule has 3 N–H and O–H groups in total. The van der Waals surface area contributed by atoms with Gasteiger partial charge in [-0.15, -0.1) is 0 Å². The zero-order valence-corrected chi connectivity index (χ0v) is 12.0. The number of carboxylic acids is 1. The highest BCUT2D eigenvalue weighted by Crippen LogP contribution is 2.20. The number of amides is 1. The fraction of sp³-hybridized carbons (Fsp3) is 0.467. The normalized spacial score (nSPS) is 11.9. The maximum absolute atomic E-state index is 11.6. The quantitative estimate of drug-likeness (QED) is 0.637. The molecule has 5 heteroatoms. The number of hydrogen-bond acceptors (Lipinski definition) is 3. The fourth-order valence-electron chi connectivity index (χ4n) is 1.88. The second-order valence-corrected chi connectivity index (χ2v) is 4.77. The first kappa shape index (κ1) is 16.2. The van der Waals surface area contributed by atoms with Gasteiger partial charge in [0.15, 0.2) is 0 Å². The van der Waals surface area contributed by atoms with Gasteiger partial charge >= 0.3 is 5.97 Å². The van der Waals surface area contributed by atoms with E-state index < -0.39 is 5.97 Å². The standard InChI is InChI=1S/C15H22N2O3/c1-3-16-9-8-14(18)17-13-6-4-12(5-7-13)11(2)10-15(19)20/h4-7,11,16H,3,8-10H2,1-2H3,(H,17,18)(H,19,20). The molecule has 110 valence electrons. The largest absolute Gasteiger partial charge is 0.481 e. The summed E-state index contributed by atoms with van der Waals surface area (Å²) in [6, 6.07) is 7.32. The minimum atomic E-state index is -0.807. The van der Waals surface area contributed by atoms with E-state index in [0.717, 1.165) is 17.8 Å². The SMILES string of the molecule is CCNCCC(=O)Nc1ccc(C(C)CC(=O)O)cc1. The average molecular weight is 278 g/mol. The van der Waals surface area contributed by atoms with Gasteiger partial charge in [0, 0.05) is 18.7 Å². The molecule has 0 spiro atoms. The van der Waals surface area contributed by atoms with Crippen molar-refractivity contribution in [3.8, 4) is 0 Å². The van der Waals surface area contributed by atoms with Crippen LogP contribution in [0.15, 0.2) is 24.3 Å². The number of rotatable bonds is 8. The zero-order valence-electron chi connectivity index (χ0n) is 12.0. The Balaban J connectivity index is 2.49. The van der Waals surface area contributed by atoms with Gasteiger partial charge < -0.3 is 15.7 Å². The van der Waals surface area contributed by atoms with Crippen molar-refractivity contribution in [2.75, 3.05) is 18.4 Å². The number of benzene rings is 1. The van der Waals surface area contributed by atoms with E-state index >= 15 is 0 Å². The molecule has 5 nitrogen and oxygen atoms in total. The number of anilines is 1. The molecule has 0 saturated carbocycles. The Morgan fingerprint density at radius 3 is 2.45 bits per heavy atom. The third-order valence-electron chi connectivity index (χ3n) is 3.02. The number of aliphatic carboxylic acids is 1. The first-order chi connectivity index (χ1) is 9.52. The minimum absolute atomic E-state index is 0.0303. The van der Waals surface area contributed by atoms with Crippen molar-refractivity contribution in [3.05, 3.63) is 29.8 Å². The lowest BCUT2D eigenvalue weighted by Crippen LogP contribution is -2.21. The van der Waals surface area contributed by atoms with Crippen LogP contribution in [0.3, 0.4) is 0 Å². The maximum Gasteiger partial charge on any atom is 0.303 e. The third-order valence-corrected chi connectivity index (χ3v) is 3.02. The van der Waals surface area contributed by atoms with Gasteiger partial charge in [0.25, 0.3) is 0 Å². The summed E-state index contributed by atoms with van der Waals surface area (Å²) >= 11 is 0. The molecule has 0 aromatic heterocycles. The van der Waals surface area contributed by atoms with Crippen LogP contribution < -0.4 is 10.6 Å². The summed E-state index contributed by atoms with van der Waals surface area (Å²) in [5.41, 5.74) is 1.69. The molecule has 20 heavy (non-hydrogen) atoms. The van der Waals surface area contributed by atoms with Crippen LogP contribution in [0.4, 0.5) is 5.69 Å². The van der Waals surface area contributed by atoms with Crippen LogP contribution in [0.1, 0.15) is 38.2 Å². The monoisotopic (exact) mass is 278 g/mol. The van der Waals surface area contributed by atoms with Crippen LogP contribution in [-0.2, 0) is 9.59 Å². The second-order valence-electron chi connectivity index (χ2n) is 4.77. The van der Waals surface area contributed by atoms with E-state index in [1.807, 2.05) is 26.0 Å². The lowest BCUT2D eigenvalue weighted by Gasteiger charge is -2.10. The van der Waals surface area contributed by atoms with E-state index in [0.29, 0.717) is 13.0 Å². The van der Waals surface area contributed by atoms with Gasteiger partial charge in [0.1, 0.15) is 0 Å². The molecule has 1 aromatic carbocycles. The van der Waals surface area contributed by atoms with E-state index in [1.54, 1.807) is 12.1 Å². The second kappa shape index (κ2) is 8.32. The molecule has 0 saturated heterocycles. The summed E-state index contributed by atoms with van der Waals surface area (Å²) in [4.78, 5) is 22.3. The molecule has 0 aliphatic carbocycles. The Hall–Kier alpha value is -1.88. The molecule has 0 fully saturated rings. The Labute approximate surface area is 119 Å². The molecule has 0 heterocycles. The van der Waals surface area contributed by atoms with Gasteiger partial charge in [-0.25, -0.2) is 0 Å². The van der Waals surface area contributed by atoms with E-state index in [4.69, 9.17) is 5.11 Å². The van der Waals surface area contributed by atoms with Gasteiger partial charge in [-0.2, -0.15) is 0 Å². The molecule has 1 rings (SSSR count). The zero-order chi connectivity index (χ0) is 15.0. The van der Waals surface area contributed by atoms with Crippen LogP contribution >= 0.6 is 0 Å². The number of hydrogen-bond donors (Lipinski definition) is 3. The first-order valence-electron chi connectivity index (χ1n) is 6.85. The van der Waals surface area contributed by atoms with E-state index in [-0.39, 0.29) is 18.2 Å². The highest BCUT2D eigenvalue weighted by atomic mass is 16.4. The highest BCUT2D eigenvalue weighted by Gasteiger charge is 2.10. The maximum atomic E-state index is 11.6. The number of carbonyl (C=O) groups is 2. The molecule has 1 atom stereocenters. The molecule has 0 bridgehead atoms. The highest BCUT2D eigenvalue weighted by molar-refractivity contribution is 5.90. The predicted molar refractivity (Wildman–Crippen MR) is 78.9 cm³/mol. The molecule has 0 aliphatic rings. The lowest BCUT2D eigenvalue weighted by molar-refractivity contribution is -0.137. The molecule has 1 aromatic rings. The number of carboxylic acid groups (broad SMARTS) is 1. The summed E-state index contributed by atoms with van der Waals surface area (Å²) in [5.74, 6) is -0.874. The Kier molecular flexibility index (Phi) is 6.73. The topological polar surface area (TPSA) is 78.4 Å². The van der Waals surface area contributed by atoms with Crippen molar-refractivity contribution in [2.24, 2.45) is 0 Å². The van der Waals surface area contributed by atoms with Crippen molar-refractivity contribution in [3.63, 3.8) is 0 Å². The van der Waals surface area contributed by atoms with Crippen molar-refractivity contribution in [2.45, 2.75) is 32.6 Å². The Morgan fingerprint density at radius 1 is 1.25 bits per heavy atom. The molecule has 1 amide bonds.